The van der Waals surface area contributed by atoms with Crippen LogP contribution < -0.4 is 5.32 Å². The highest BCUT2D eigenvalue weighted by molar-refractivity contribution is 4.84. The zero-order valence-electron chi connectivity index (χ0n) is 10.7. The van der Waals surface area contributed by atoms with Crippen molar-refractivity contribution in [1.82, 2.24) is 10.2 Å². The summed E-state index contributed by atoms with van der Waals surface area (Å²) in [6, 6.07) is 0.572. The van der Waals surface area contributed by atoms with Crippen LogP contribution in [0.15, 0.2) is 0 Å². The van der Waals surface area contributed by atoms with Crippen molar-refractivity contribution in [2.24, 2.45) is 5.41 Å². The highest BCUT2D eigenvalue weighted by atomic mass is 16.5. The summed E-state index contributed by atoms with van der Waals surface area (Å²) in [5.41, 5.74) is 0.386. The standard InChI is InChI=1S/C12H26N2O/c1-5-14(6-2)7-11(3)13-8-12(4)9-15-10-12/h11,13H,5-10H2,1-4H3. The predicted octanol–water partition coefficient (Wildman–Crippen LogP) is 1.34. The number of nitrogens with zero attached hydrogens (tertiary/aromatic N) is 1. The second-order valence-electron chi connectivity index (χ2n) is 5.07. The predicted molar refractivity (Wildman–Crippen MR) is 64.2 cm³/mol. The summed E-state index contributed by atoms with van der Waals surface area (Å²) in [5.74, 6) is 0. The number of rotatable bonds is 7. The molecule has 1 saturated heterocycles. The average molecular weight is 214 g/mol. The summed E-state index contributed by atoms with van der Waals surface area (Å²) >= 11 is 0. The zero-order chi connectivity index (χ0) is 11.3. The molecule has 15 heavy (non-hydrogen) atoms. The molecular weight excluding hydrogens is 188 g/mol. The Morgan fingerprint density at radius 3 is 2.33 bits per heavy atom. The van der Waals surface area contributed by atoms with E-state index in [1.165, 1.54) is 0 Å². The Hall–Kier alpha value is -0.120. The largest absolute Gasteiger partial charge is 0.380 e. The summed E-state index contributed by atoms with van der Waals surface area (Å²) in [7, 11) is 0. The lowest BCUT2D eigenvalue weighted by atomic mass is 9.88. The lowest BCUT2D eigenvalue weighted by Gasteiger charge is -2.39. The highest BCUT2D eigenvalue weighted by Gasteiger charge is 2.33. The average Bonchev–Trinajstić information content (AvgIpc) is 2.20. The van der Waals surface area contributed by atoms with Gasteiger partial charge in [0, 0.05) is 24.5 Å². The van der Waals surface area contributed by atoms with Crippen molar-refractivity contribution in [3.05, 3.63) is 0 Å². The summed E-state index contributed by atoms with van der Waals surface area (Å²) in [6.45, 7) is 15.3. The molecule has 1 unspecified atom stereocenters. The second kappa shape index (κ2) is 5.83. The topological polar surface area (TPSA) is 24.5 Å². The molecule has 0 bridgehead atoms. The molecule has 90 valence electrons. The Kier molecular flexibility index (Phi) is 5.03. The van der Waals surface area contributed by atoms with Crippen LogP contribution in [0.3, 0.4) is 0 Å². The number of ether oxygens (including phenoxy) is 1. The van der Waals surface area contributed by atoms with E-state index >= 15 is 0 Å². The first-order valence-corrected chi connectivity index (χ1v) is 6.13. The fraction of sp³-hybridized carbons (Fsp3) is 1.00. The molecule has 1 rings (SSSR count). The van der Waals surface area contributed by atoms with Gasteiger partial charge >= 0.3 is 0 Å². The third kappa shape index (κ3) is 4.09. The van der Waals surface area contributed by atoms with Crippen LogP contribution in [0.5, 0.6) is 0 Å². The molecule has 0 radical (unpaired) electrons. The van der Waals surface area contributed by atoms with E-state index in [1.54, 1.807) is 0 Å². The van der Waals surface area contributed by atoms with Crippen LogP contribution in [0.4, 0.5) is 0 Å². The van der Waals surface area contributed by atoms with Gasteiger partial charge in [0.25, 0.3) is 0 Å². The summed E-state index contributed by atoms with van der Waals surface area (Å²) < 4.78 is 5.24. The lowest BCUT2D eigenvalue weighted by molar-refractivity contribution is -0.100. The van der Waals surface area contributed by atoms with Crippen LogP contribution in [0.1, 0.15) is 27.7 Å². The summed E-state index contributed by atoms with van der Waals surface area (Å²) in [5, 5.41) is 3.60. The molecule has 1 aliphatic rings. The van der Waals surface area contributed by atoms with Crippen LogP contribution in [0.25, 0.3) is 0 Å². The fourth-order valence-corrected chi connectivity index (χ4v) is 1.91. The molecule has 1 aliphatic heterocycles. The van der Waals surface area contributed by atoms with Gasteiger partial charge in [-0.25, -0.2) is 0 Å². The van der Waals surface area contributed by atoms with E-state index in [0.29, 0.717) is 11.5 Å². The van der Waals surface area contributed by atoms with Crippen LogP contribution >= 0.6 is 0 Å². The van der Waals surface area contributed by atoms with Gasteiger partial charge in [0.15, 0.2) is 0 Å². The molecule has 1 N–H and O–H groups in total. The van der Waals surface area contributed by atoms with Crippen LogP contribution in [0.2, 0.25) is 0 Å². The van der Waals surface area contributed by atoms with Gasteiger partial charge in [0.05, 0.1) is 13.2 Å². The fourth-order valence-electron chi connectivity index (χ4n) is 1.91. The van der Waals surface area contributed by atoms with Gasteiger partial charge in [-0.1, -0.05) is 20.8 Å². The van der Waals surface area contributed by atoms with E-state index in [1.807, 2.05) is 0 Å². The van der Waals surface area contributed by atoms with Crippen molar-refractivity contribution in [3.63, 3.8) is 0 Å². The van der Waals surface area contributed by atoms with E-state index in [9.17, 15) is 0 Å². The molecule has 1 atom stereocenters. The van der Waals surface area contributed by atoms with Gasteiger partial charge in [0.2, 0.25) is 0 Å². The molecule has 0 aromatic carbocycles. The maximum atomic E-state index is 5.24. The van der Waals surface area contributed by atoms with Crippen molar-refractivity contribution >= 4 is 0 Å². The van der Waals surface area contributed by atoms with E-state index in [2.05, 4.69) is 37.9 Å². The maximum Gasteiger partial charge on any atom is 0.0554 e. The van der Waals surface area contributed by atoms with Crippen molar-refractivity contribution in [3.8, 4) is 0 Å². The molecule has 0 aliphatic carbocycles. The smallest absolute Gasteiger partial charge is 0.0554 e. The third-order valence-corrected chi connectivity index (χ3v) is 3.20. The normalized spacial score (nSPS) is 21.4. The zero-order valence-corrected chi connectivity index (χ0v) is 10.7. The van der Waals surface area contributed by atoms with Crippen LogP contribution in [-0.4, -0.2) is 50.3 Å². The number of likely N-dealkylation sites (N-methyl/N-ethyl adjacent to an activating group) is 1. The molecule has 3 nitrogen and oxygen atoms in total. The Bertz CT molecular complexity index is 176. The van der Waals surface area contributed by atoms with Crippen LogP contribution in [0, 0.1) is 5.41 Å². The minimum absolute atomic E-state index is 0.386. The first-order chi connectivity index (χ1) is 7.09. The molecule has 0 saturated carbocycles. The van der Waals surface area contributed by atoms with Crippen molar-refractivity contribution in [2.45, 2.75) is 33.7 Å². The number of hydrogen-bond donors (Lipinski definition) is 1. The molecule has 1 heterocycles. The summed E-state index contributed by atoms with van der Waals surface area (Å²) in [6.07, 6.45) is 0. The number of hydrogen-bond acceptors (Lipinski definition) is 3. The minimum atomic E-state index is 0.386. The summed E-state index contributed by atoms with van der Waals surface area (Å²) in [4.78, 5) is 2.46. The van der Waals surface area contributed by atoms with Crippen LogP contribution in [-0.2, 0) is 4.74 Å². The second-order valence-corrected chi connectivity index (χ2v) is 5.07. The van der Waals surface area contributed by atoms with E-state index < -0.39 is 0 Å². The quantitative estimate of drug-likeness (QED) is 0.692. The van der Waals surface area contributed by atoms with Crippen molar-refractivity contribution in [2.75, 3.05) is 39.4 Å². The minimum Gasteiger partial charge on any atom is -0.380 e. The number of nitrogens with one attached hydrogen (secondary N) is 1. The van der Waals surface area contributed by atoms with Gasteiger partial charge in [0.1, 0.15) is 0 Å². The van der Waals surface area contributed by atoms with E-state index in [0.717, 1.165) is 39.4 Å². The first kappa shape index (κ1) is 12.9. The molecular formula is C12H26N2O. The highest BCUT2D eigenvalue weighted by Crippen LogP contribution is 2.25. The monoisotopic (exact) mass is 214 g/mol. The Balaban J connectivity index is 2.14. The van der Waals surface area contributed by atoms with E-state index in [-0.39, 0.29) is 0 Å². The van der Waals surface area contributed by atoms with Gasteiger partial charge in [-0.05, 0) is 20.0 Å². The molecule has 0 aromatic rings. The molecule has 0 amide bonds. The van der Waals surface area contributed by atoms with Crippen molar-refractivity contribution in [1.29, 1.82) is 0 Å². The molecule has 3 heteroatoms. The van der Waals surface area contributed by atoms with E-state index in [4.69, 9.17) is 4.74 Å². The van der Waals surface area contributed by atoms with Gasteiger partial charge in [-0.3, -0.25) is 0 Å². The SMILES string of the molecule is CCN(CC)CC(C)NCC1(C)COC1. The Labute approximate surface area is 94.2 Å². The molecule has 0 aromatic heterocycles. The Morgan fingerprint density at radius 1 is 1.33 bits per heavy atom. The van der Waals surface area contributed by atoms with Gasteiger partial charge in [-0.2, -0.15) is 0 Å². The molecule has 1 fully saturated rings. The Morgan fingerprint density at radius 2 is 1.93 bits per heavy atom. The third-order valence-electron chi connectivity index (χ3n) is 3.20. The van der Waals surface area contributed by atoms with Gasteiger partial charge < -0.3 is 15.0 Å². The molecule has 0 spiro atoms. The maximum absolute atomic E-state index is 5.24. The van der Waals surface area contributed by atoms with Gasteiger partial charge in [-0.15, -0.1) is 0 Å². The lowest BCUT2D eigenvalue weighted by Crippen LogP contribution is -2.50. The van der Waals surface area contributed by atoms with Crippen molar-refractivity contribution < 1.29 is 4.74 Å². The first-order valence-electron chi connectivity index (χ1n) is 6.13.